The molecule has 3 aromatic rings. The number of H-pyrrole nitrogens is 1. The van der Waals surface area contributed by atoms with Crippen LogP contribution in [0.1, 0.15) is 11.3 Å². The zero-order valence-corrected chi connectivity index (χ0v) is 11.9. The van der Waals surface area contributed by atoms with Gasteiger partial charge in [0.25, 0.3) is 0 Å². The van der Waals surface area contributed by atoms with Gasteiger partial charge in [0.2, 0.25) is 5.88 Å². The lowest BCUT2D eigenvalue weighted by Gasteiger charge is -1.97. The SMILES string of the molecule is Oc1nc(-c2ccc(F)cc2)[nH]c1C=C1C=Nc2ncccc21. The Morgan fingerprint density at radius 1 is 1.13 bits per heavy atom. The largest absolute Gasteiger partial charge is 0.492 e. The van der Waals surface area contributed by atoms with E-state index in [1.54, 1.807) is 30.6 Å². The van der Waals surface area contributed by atoms with Crippen LogP contribution in [-0.4, -0.2) is 26.3 Å². The van der Waals surface area contributed by atoms with E-state index in [0.717, 1.165) is 11.1 Å². The number of rotatable bonds is 2. The molecular formula is C17H11FN4O. The molecule has 0 bridgehead atoms. The van der Waals surface area contributed by atoms with Gasteiger partial charge in [-0.1, -0.05) is 0 Å². The fraction of sp³-hybridized carbons (Fsp3) is 0. The van der Waals surface area contributed by atoms with Gasteiger partial charge in [0.1, 0.15) is 17.3 Å². The first kappa shape index (κ1) is 13.4. The number of hydrogen-bond donors (Lipinski definition) is 2. The van der Waals surface area contributed by atoms with Crippen LogP contribution < -0.4 is 0 Å². The highest BCUT2D eigenvalue weighted by Crippen LogP contribution is 2.32. The lowest BCUT2D eigenvalue weighted by Crippen LogP contribution is -1.83. The fourth-order valence-electron chi connectivity index (χ4n) is 2.42. The van der Waals surface area contributed by atoms with Crippen molar-refractivity contribution in [3.63, 3.8) is 0 Å². The average molecular weight is 306 g/mol. The zero-order chi connectivity index (χ0) is 15.8. The van der Waals surface area contributed by atoms with Crippen molar-refractivity contribution in [1.82, 2.24) is 15.0 Å². The van der Waals surface area contributed by atoms with Gasteiger partial charge in [-0.3, -0.25) is 0 Å². The third kappa shape index (κ3) is 2.40. The molecule has 0 unspecified atom stereocenters. The highest BCUT2D eigenvalue weighted by Gasteiger charge is 2.15. The fourth-order valence-corrected chi connectivity index (χ4v) is 2.42. The van der Waals surface area contributed by atoms with E-state index in [1.165, 1.54) is 12.1 Å². The summed E-state index contributed by atoms with van der Waals surface area (Å²) in [4.78, 5) is 15.5. The van der Waals surface area contributed by atoms with E-state index in [1.807, 2.05) is 12.1 Å². The topological polar surface area (TPSA) is 74.2 Å². The second kappa shape index (κ2) is 5.17. The van der Waals surface area contributed by atoms with E-state index >= 15 is 0 Å². The van der Waals surface area contributed by atoms with Crippen molar-refractivity contribution in [2.24, 2.45) is 4.99 Å². The summed E-state index contributed by atoms with van der Waals surface area (Å²) in [7, 11) is 0. The molecule has 0 amide bonds. The van der Waals surface area contributed by atoms with E-state index < -0.39 is 0 Å². The predicted octanol–water partition coefficient (Wildman–Crippen LogP) is 3.57. The van der Waals surface area contributed by atoms with Gasteiger partial charge in [0, 0.05) is 29.1 Å². The lowest BCUT2D eigenvalue weighted by molar-refractivity contribution is 0.455. The quantitative estimate of drug-likeness (QED) is 0.760. The summed E-state index contributed by atoms with van der Waals surface area (Å²) >= 11 is 0. The summed E-state index contributed by atoms with van der Waals surface area (Å²) in [5.74, 6) is 0.674. The van der Waals surface area contributed by atoms with Crippen LogP contribution in [0.3, 0.4) is 0 Å². The van der Waals surface area contributed by atoms with Crippen LogP contribution in [0, 0.1) is 5.82 Å². The predicted molar refractivity (Wildman–Crippen MR) is 85.9 cm³/mol. The molecule has 1 aliphatic heterocycles. The van der Waals surface area contributed by atoms with Gasteiger partial charge in [-0.2, -0.15) is 4.98 Å². The second-order valence-corrected chi connectivity index (χ2v) is 5.06. The molecule has 0 saturated heterocycles. The van der Waals surface area contributed by atoms with E-state index in [9.17, 15) is 9.50 Å². The number of hydrogen-bond acceptors (Lipinski definition) is 4. The number of halogens is 1. The maximum absolute atomic E-state index is 13.0. The number of fused-ring (bicyclic) bond motifs is 1. The molecule has 112 valence electrons. The molecule has 0 fully saturated rings. The van der Waals surface area contributed by atoms with Crippen molar-refractivity contribution in [2.45, 2.75) is 0 Å². The average Bonchev–Trinajstić information content (AvgIpc) is 3.13. The van der Waals surface area contributed by atoms with Gasteiger partial charge in [0.15, 0.2) is 5.82 Å². The van der Waals surface area contributed by atoms with Crippen molar-refractivity contribution in [2.75, 3.05) is 0 Å². The van der Waals surface area contributed by atoms with Crippen LogP contribution in [0.2, 0.25) is 0 Å². The molecule has 1 aliphatic rings. The molecule has 5 nitrogen and oxygen atoms in total. The summed E-state index contributed by atoms with van der Waals surface area (Å²) in [5, 5.41) is 10.0. The Hall–Kier alpha value is -3.28. The van der Waals surface area contributed by atoms with Crippen LogP contribution in [0.4, 0.5) is 10.2 Å². The molecule has 6 heteroatoms. The van der Waals surface area contributed by atoms with Crippen LogP contribution in [0.5, 0.6) is 5.88 Å². The van der Waals surface area contributed by atoms with Crippen molar-refractivity contribution in [3.8, 4) is 17.3 Å². The number of aromatic nitrogens is 3. The highest BCUT2D eigenvalue weighted by atomic mass is 19.1. The van der Waals surface area contributed by atoms with E-state index in [2.05, 4.69) is 19.9 Å². The standard InChI is InChI=1S/C17H11FN4O/c18-12-5-3-10(4-6-12)15-21-14(17(23)22-15)8-11-9-20-16-13(11)2-1-7-19-16/h1-9,23H,(H,21,22). The number of aromatic amines is 1. The first-order chi connectivity index (χ1) is 11.2. The third-order valence-corrected chi connectivity index (χ3v) is 3.55. The minimum absolute atomic E-state index is 0.123. The number of allylic oxidation sites excluding steroid dienone is 1. The van der Waals surface area contributed by atoms with Gasteiger partial charge < -0.3 is 10.1 Å². The number of benzene rings is 1. The van der Waals surface area contributed by atoms with Crippen LogP contribution >= 0.6 is 0 Å². The Morgan fingerprint density at radius 3 is 2.78 bits per heavy atom. The first-order valence-corrected chi connectivity index (χ1v) is 6.97. The molecule has 4 rings (SSSR count). The zero-order valence-electron chi connectivity index (χ0n) is 11.9. The molecule has 0 saturated carbocycles. The number of pyridine rings is 1. The van der Waals surface area contributed by atoms with E-state index in [-0.39, 0.29) is 11.7 Å². The van der Waals surface area contributed by atoms with Crippen molar-refractivity contribution < 1.29 is 9.50 Å². The maximum atomic E-state index is 13.0. The minimum Gasteiger partial charge on any atom is -0.492 e. The van der Waals surface area contributed by atoms with Gasteiger partial charge in [-0.05, 0) is 42.5 Å². The number of nitrogens with zero attached hydrogens (tertiary/aromatic N) is 3. The van der Waals surface area contributed by atoms with E-state index in [4.69, 9.17) is 0 Å². The molecule has 23 heavy (non-hydrogen) atoms. The molecule has 2 N–H and O–H groups in total. The molecule has 0 atom stereocenters. The van der Waals surface area contributed by atoms with Gasteiger partial charge in [-0.25, -0.2) is 14.4 Å². The van der Waals surface area contributed by atoms with Crippen LogP contribution in [-0.2, 0) is 0 Å². The lowest BCUT2D eigenvalue weighted by atomic mass is 10.1. The minimum atomic E-state index is -0.321. The Kier molecular flexibility index (Phi) is 3.01. The highest BCUT2D eigenvalue weighted by molar-refractivity contribution is 6.20. The normalized spacial score (nSPS) is 14.4. The summed E-state index contributed by atoms with van der Waals surface area (Å²) in [5.41, 5.74) is 2.87. The van der Waals surface area contributed by atoms with Crippen molar-refractivity contribution in [3.05, 3.63) is 59.7 Å². The van der Waals surface area contributed by atoms with Gasteiger partial charge >= 0.3 is 0 Å². The van der Waals surface area contributed by atoms with E-state index in [0.29, 0.717) is 22.9 Å². The Labute approximate surface area is 130 Å². The number of aliphatic imine (C=N–C) groups is 1. The van der Waals surface area contributed by atoms with Crippen molar-refractivity contribution in [1.29, 1.82) is 0 Å². The van der Waals surface area contributed by atoms with Crippen molar-refractivity contribution >= 4 is 23.7 Å². The Bertz CT molecular complexity index is 941. The first-order valence-electron chi connectivity index (χ1n) is 6.97. The molecule has 0 aliphatic carbocycles. The van der Waals surface area contributed by atoms with Crippen LogP contribution in [0.15, 0.2) is 47.6 Å². The summed E-state index contributed by atoms with van der Waals surface area (Å²) < 4.78 is 13.0. The van der Waals surface area contributed by atoms with Gasteiger partial charge in [-0.15, -0.1) is 0 Å². The summed E-state index contributed by atoms with van der Waals surface area (Å²) in [6, 6.07) is 9.63. The number of aromatic hydroxyl groups is 1. The monoisotopic (exact) mass is 306 g/mol. The van der Waals surface area contributed by atoms with Crippen LogP contribution in [0.25, 0.3) is 23.0 Å². The third-order valence-electron chi connectivity index (χ3n) is 3.55. The molecule has 3 heterocycles. The Balaban J connectivity index is 1.73. The number of imidazole rings is 1. The maximum Gasteiger partial charge on any atom is 0.237 e. The summed E-state index contributed by atoms with van der Waals surface area (Å²) in [6.45, 7) is 0. The second-order valence-electron chi connectivity index (χ2n) is 5.06. The molecular weight excluding hydrogens is 295 g/mol. The number of nitrogens with one attached hydrogen (secondary N) is 1. The molecule has 1 aromatic carbocycles. The smallest absolute Gasteiger partial charge is 0.237 e. The molecule has 0 spiro atoms. The molecule has 0 radical (unpaired) electrons. The van der Waals surface area contributed by atoms with Gasteiger partial charge in [0.05, 0.1) is 0 Å². The Morgan fingerprint density at radius 2 is 1.96 bits per heavy atom. The summed E-state index contributed by atoms with van der Waals surface area (Å²) in [6.07, 6.45) is 5.13. The molecule has 2 aromatic heterocycles.